The van der Waals surface area contributed by atoms with Crippen LogP contribution in [0.1, 0.15) is 22.3 Å². The van der Waals surface area contributed by atoms with Crippen LogP contribution in [0.2, 0.25) is 0 Å². The molecule has 0 aliphatic carbocycles. The van der Waals surface area contributed by atoms with Crippen molar-refractivity contribution in [2.45, 2.75) is 27.7 Å². The van der Waals surface area contributed by atoms with Crippen molar-refractivity contribution >= 4 is 13.7 Å². The highest BCUT2D eigenvalue weighted by Gasteiger charge is 2.25. The van der Waals surface area contributed by atoms with E-state index in [1.807, 2.05) is 74.5 Å². The maximum Gasteiger partial charge on any atom is 0.326 e. The first kappa shape index (κ1) is 26.4. The van der Waals surface area contributed by atoms with Crippen molar-refractivity contribution in [3.05, 3.63) is 95.1 Å². The van der Waals surface area contributed by atoms with Gasteiger partial charge in [0.05, 0.1) is 26.6 Å². The van der Waals surface area contributed by atoms with Gasteiger partial charge in [-0.2, -0.15) is 0 Å². The lowest BCUT2D eigenvalue weighted by Gasteiger charge is -2.24. The number of ether oxygens (including phenoxy) is 3. The molecule has 4 rings (SSSR count). The summed E-state index contributed by atoms with van der Waals surface area (Å²) in [6.45, 7) is 8.13. The molecule has 4 aromatic rings. The smallest absolute Gasteiger partial charge is 0.326 e. The SMILES string of the molecule is COc1cc(C)c(OC)c(-c2cc(OC)cc(C)c2OP(Oc2ccc(C)cc2C)c2ccccc2)c1. The van der Waals surface area contributed by atoms with Gasteiger partial charge in [0.2, 0.25) is 0 Å². The molecular formula is C31H33O5P. The van der Waals surface area contributed by atoms with Crippen molar-refractivity contribution in [3.63, 3.8) is 0 Å². The monoisotopic (exact) mass is 516 g/mol. The molecule has 0 aliphatic heterocycles. The zero-order chi connectivity index (χ0) is 26.5. The van der Waals surface area contributed by atoms with Gasteiger partial charge in [-0.05, 0) is 86.8 Å². The largest absolute Gasteiger partial charge is 0.497 e. The molecule has 5 nitrogen and oxygen atoms in total. The minimum absolute atomic E-state index is 0.700. The Balaban J connectivity index is 1.88. The lowest BCUT2D eigenvalue weighted by molar-refractivity contribution is 0.401. The molecule has 1 unspecified atom stereocenters. The molecule has 0 saturated carbocycles. The van der Waals surface area contributed by atoms with Gasteiger partial charge < -0.3 is 23.3 Å². The highest BCUT2D eigenvalue weighted by Crippen LogP contribution is 2.49. The van der Waals surface area contributed by atoms with Gasteiger partial charge in [-0.25, -0.2) is 0 Å². The van der Waals surface area contributed by atoms with E-state index in [0.717, 1.165) is 56.1 Å². The lowest BCUT2D eigenvalue weighted by Crippen LogP contribution is -2.11. The maximum absolute atomic E-state index is 6.81. The quantitative estimate of drug-likeness (QED) is 0.213. The number of hydrogen-bond donors (Lipinski definition) is 0. The standard InChI is InChI=1S/C31H33O5P/c1-20-13-14-29(21(2)15-20)35-37(26-11-9-8-10-12-26)36-31-23(4)17-25(33-6)19-28(31)27-18-24(32-5)16-22(3)30(27)34-7/h8-19H,1-7H3. The summed E-state index contributed by atoms with van der Waals surface area (Å²) in [5, 5.41) is 0.965. The molecule has 192 valence electrons. The van der Waals surface area contributed by atoms with E-state index in [1.165, 1.54) is 5.56 Å². The predicted octanol–water partition coefficient (Wildman–Crippen LogP) is 7.71. The van der Waals surface area contributed by atoms with Gasteiger partial charge in [0.1, 0.15) is 28.7 Å². The second kappa shape index (κ2) is 11.6. The Kier molecular flexibility index (Phi) is 8.25. The van der Waals surface area contributed by atoms with Crippen molar-refractivity contribution in [2.24, 2.45) is 0 Å². The van der Waals surface area contributed by atoms with E-state index in [4.69, 9.17) is 23.3 Å². The summed E-state index contributed by atoms with van der Waals surface area (Å²) in [4.78, 5) is 0. The van der Waals surface area contributed by atoms with Crippen LogP contribution < -0.4 is 28.6 Å². The summed E-state index contributed by atoms with van der Waals surface area (Å²) in [5.74, 6) is 3.70. The molecule has 4 aromatic carbocycles. The summed E-state index contributed by atoms with van der Waals surface area (Å²) in [7, 11) is 3.47. The van der Waals surface area contributed by atoms with E-state index in [2.05, 4.69) is 26.0 Å². The first-order chi connectivity index (χ1) is 17.8. The van der Waals surface area contributed by atoms with E-state index >= 15 is 0 Å². The first-order valence-corrected chi connectivity index (χ1v) is 13.2. The molecule has 0 bridgehead atoms. The highest BCUT2D eigenvalue weighted by atomic mass is 31.2. The Morgan fingerprint density at radius 1 is 0.541 bits per heavy atom. The third-order valence-corrected chi connectivity index (χ3v) is 7.55. The molecule has 0 heterocycles. The Hall–Kier alpha value is -3.69. The Labute approximate surface area is 220 Å². The number of benzene rings is 4. The summed E-state index contributed by atoms with van der Waals surface area (Å²) < 4.78 is 30.4. The van der Waals surface area contributed by atoms with Crippen LogP contribution in [0.25, 0.3) is 11.1 Å². The van der Waals surface area contributed by atoms with Gasteiger partial charge in [-0.1, -0.05) is 35.9 Å². The van der Waals surface area contributed by atoms with Crippen molar-refractivity contribution in [1.82, 2.24) is 0 Å². The third-order valence-electron chi connectivity index (χ3n) is 6.11. The van der Waals surface area contributed by atoms with Crippen LogP contribution in [-0.2, 0) is 0 Å². The van der Waals surface area contributed by atoms with E-state index in [1.54, 1.807) is 21.3 Å². The first-order valence-electron chi connectivity index (χ1n) is 12.0. The van der Waals surface area contributed by atoms with Crippen LogP contribution in [0.4, 0.5) is 0 Å². The van der Waals surface area contributed by atoms with Gasteiger partial charge in [-0.3, -0.25) is 0 Å². The zero-order valence-electron chi connectivity index (χ0n) is 22.4. The minimum atomic E-state index is -1.52. The molecule has 0 spiro atoms. The van der Waals surface area contributed by atoms with Gasteiger partial charge in [-0.15, -0.1) is 0 Å². The van der Waals surface area contributed by atoms with E-state index in [-0.39, 0.29) is 0 Å². The van der Waals surface area contributed by atoms with Gasteiger partial charge in [0, 0.05) is 11.1 Å². The van der Waals surface area contributed by atoms with Gasteiger partial charge in [0.25, 0.3) is 0 Å². The normalized spacial score (nSPS) is 11.5. The zero-order valence-corrected chi connectivity index (χ0v) is 23.3. The molecule has 0 saturated heterocycles. The number of hydrogen-bond acceptors (Lipinski definition) is 5. The van der Waals surface area contributed by atoms with Gasteiger partial charge in [0.15, 0.2) is 0 Å². The molecule has 0 radical (unpaired) electrons. The highest BCUT2D eigenvalue weighted by molar-refractivity contribution is 7.56. The fourth-order valence-corrected chi connectivity index (χ4v) is 5.71. The van der Waals surface area contributed by atoms with Gasteiger partial charge >= 0.3 is 8.38 Å². The average molecular weight is 517 g/mol. The Morgan fingerprint density at radius 2 is 1.14 bits per heavy atom. The van der Waals surface area contributed by atoms with Crippen LogP contribution in [0.15, 0.2) is 72.8 Å². The topological polar surface area (TPSA) is 46.2 Å². The van der Waals surface area contributed by atoms with Crippen molar-refractivity contribution < 1.29 is 23.3 Å². The molecular weight excluding hydrogens is 483 g/mol. The van der Waals surface area contributed by atoms with Crippen molar-refractivity contribution in [3.8, 4) is 39.9 Å². The summed E-state index contributed by atoms with van der Waals surface area (Å²) in [6.07, 6.45) is 0. The third kappa shape index (κ3) is 5.84. The van der Waals surface area contributed by atoms with Crippen molar-refractivity contribution in [2.75, 3.05) is 21.3 Å². The Bertz CT molecular complexity index is 1380. The fourth-order valence-electron chi connectivity index (χ4n) is 4.26. The lowest BCUT2D eigenvalue weighted by atomic mass is 9.98. The van der Waals surface area contributed by atoms with E-state index in [9.17, 15) is 0 Å². The van der Waals surface area contributed by atoms with Crippen LogP contribution in [0.5, 0.6) is 28.7 Å². The van der Waals surface area contributed by atoms with E-state index < -0.39 is 8.38 Å². The van der Waals surface area contributed by atoms with E-state index in [0.29, 0.717) is 5.75 Å². The molecule has 0 fully saturated rings. The van der Waals surface area contributed by atoms with Crippen LogP contribution >= 0.6 is 8.38 Å². The second-order valence-corrected chi connectivity index (χ2v) is 10.3. The summed E-state index contributed by atoms with van der Waals surface area (Å²) in [5.41, 5.74) is 5.81. The Morgan fingerprint density at radius 3 is 1.70 bits per heavy atom. The predicted molar refractivity (Wildman–Crippen MR) is 151 cm³/mol. The number of aryl methyl sites for hydroxylation is 4. The molecule has 1 atom stereocenters. The molecule has 0 aromatic heterocycles. The maximum atomic E-state index is 6.81. The average Bonchev–Trinajstić information content (AvgIpc) is 2.90. The molecule has 6 heteroatoms. The van der Waals surface area contributed by atoms with Crippen LogP contribution in [-0.4, -0.2) is 21.3 Å². The van der Waals surface area contributed by atoms with Crippen molar-refractivity contribution in [1.29, 1.82) is 0 Å². The summed E-state index contributed by atoms with van der Waals surface area (Å²) >= 11 is 0. The molecule has 37 heavy (non-hydrogen) atoms. The molecule has 0 aliphatic rings. The number of rotatable bonds is 9. The minimum Gasteiger partial charge on any atom is -0.497 e. The summed E-state index contributed by atoms with van der Waals surface area (Å²) in [6, 6.07) is 24.1. The second-order valence-electron chi connectivity index (χ2n) is 8.89. The molecule has 0 amide bonds. The molecule has 0 N–H and O–H groups in total. The van der Waals surface area contributed by atoms with Crippen LogP contribution in [0.3, 0.4) is 0 Å². The fraction of sp³-hybridized carbons (Fsp3) is 0.226. The number of methoxy groups -OCH3 is 3. The van der Waals surface area contributed by atoms with Crippen LogP contribution in [0, 0.1) is 27.7 Å².